The molecule has 0 bridgehead atoms. The molecule has 0 heteroatoms. The van der Waals surface area contributed by atoms with Crippen molar-refractivity contribution in [3.8, 4) is 0 Å². The molecule has 0 aliphatic heterocycles. The zero-order chi connectivity index (χ0) is 20.1. The van der Waals surface area contributed by atoms with Gasteiger partial charge in [-0.3, -0.25) is 0 Å². The fraction of sp³-hybridized carbons (Fsp3) is 0.857. The quantitative estimate of drug-likeness (QED) is 0.428. The van der Waals surface area contributed by atoms with Gasteiger partial charge in [0.05, 0.1) is 0 Å². The highest BCUT2D eigenvalue weighted by molar-refractivity contribution is 5.25. The first-order chi connectivity index (χ1) is 13.3. The second kappa shape index (κ2) is 7.63. The predicted octanol–water partition coefficient (Wildman–Crippen LogP) is 8.44. The predicted molar refractivity (Wildman–Crippen MR) is 122 cm³/mol. The van der Waals surface area contributed by atoms with Crippen LogP contribution >= 0.6 is 0 Å². The summed E-state index contributed by atoms with van der Waals surface area (Å²) in [6.07, 6.45) is 20.7. The van der Waals surface area contributed by atoms with Crippen molar-refractivity contribution in [3.63, 3.8) is 0 Å². The molecule has 0 amide bonds. The Morgan fingerprint density at radius 1 is 1.04 bits per heavy atom. The molecule has 3 fully saturated rings. The first kappa shape index (κ1) is 20.7. The van der Waals surface area contributed by atoms with E-state index in [0.717, 1.165) is 41.4 Å². The van der Waals surface area contributed by atoms with Gasteiger partial charge in [0, 0.05) is 0 Å². The summed E-state index contributed by atoms with van der Waals surface area (Å²) >= 11 is 0. The highest BCUT2D eigenvalue weighted by atomic mass is 14.6. The average Bonchev–Trinajstić information content (AvgIpc) is 2.99. The second-order valence-electron chi connectivity index (χ2n) is 12.3. The van der Waals surface area contributed by atoms with E-state index in [9.17, 15) is 0 Å². The molecule has 0 aromatic heterocycles. The first-order valence-corrected chi connectivity index (χ1v) is 12.6. The van der Waals surface area contributed by atoms with Crippen molar-refractivity contribution in [2.45, 2.75) is 99.3 Å². The maximum Gasteiger partial charge on any atom is -0.00851 e. The van der Waals surface area contributed by atoms with Gasteiger partial charge < -0.3 is 0 Å². The SMILES string of the molecule is CC(C)C/C=C/[C@@H](C)C1CCC2C3CC=C4C[C@@H](C)CC[C@]4(C)C3CC[C@@]21C. The van der Waals surface area contributed by atoms with E-state index in [1.807, 2.05) is 5.57 Å². The van der Waals surface area contributed by atoms with Crippen LogP contribution in [0.1, 0.15) is 99.3 Å². The molecule has 28 heavy (non-hydrogen) atoms. The third-order valence-electron chi connectivity index (χ3n) is 10.1. The summed E-state index contributed by atoms with van der Waals surface area (Å²) in [5, 5.41) is 0. The minimum atomic E-state index is 0.539. The summed E-state index contributed by atoms with van der Waals surface area (Å²) in [7, 11) is 0. The summed E-state index contributed by atoms with van der Waals surface area (Å²) in [5.41, 5.74) is 2.99. The smallest absolute Gasteiger partial charge is 0.00851 e. The lowest BCUT2D eigenvalue weighted by Crippen LogP contribution is -2.50. The Morgan fingerprint density at radius 2 is 1.82 bits per heavy atom. The molecule has 0 radical (unpaired) electrons. The summed E-state index contributed by atoms with van der Waals surface area (Å²) in [4.78, 5) is 0. The van der Waals surface area contributed by atoms with Crippen molar-refractivity contribution < 1.29 is 0 Å². The number of allylic oxidation sites excluding steroid dienone is 4. The van der Waals surface area contributed by atoms with Gasteiger partial charge in [0.25, 0.3) is 0 Å². The van der Waals surface area contributed by atoms with E-state index >= 15 is 0 Å². The van der Waals surface area contributed by atoms with Crippen LogP contribution in [0.4, 0.5) is 0 Å². The van der Waals surface area contributed by atoms with E-state index in [2.05, 4.69) is 59.8 Å². The van der Waals surface area contributed by atoms with Gasteiger partial charge in [0.15, 0.2) is 0 Å². The van der Waals surface area contributed by atoms with Crippen LogP contribution in [0.15, 0.2) is 23.8 Å². The van der Waals surface area contributed by atoms with Crippen molar-refractivity contribution >= 4 is 0 Å². The Balaban J connectivity index is 1.53. The van der Waals surface area contributed by atoms with Crippen molar-refractivity contribution in [1.29, 1.82) is 0 Å². The van der Waals surface area contributed by atoms with E-state index in [4.69, 9.17) is 0 Å². The Hall–Kier alpha value is -0.520. The summed E-state index contributed by atoms with van der Waals surface area (Å²) < 4.78 is 0. The van der Waals surface area contributed by atoms with E-state index in [1.165, 1.54) is 57.8 Å². The van der Waals surface area contributed by atoms with E-state index in [0.29, 0.717) is 10.8 Å². The number of fused-ring (bicyclic) bond motifs is 5. The van der Waals surface area contributed by atoms with Crippen LogP contribution in [0.3, 0.4) is 0 Å². The van der Waals surface area contributed by atoms with Crippen LogP contribution < -0.4 is 0 Å². The van der Waals surface area contributed by atoms with Gasteiger partial charge >= 0.3 is 0 Å². The van der Waals surface area contributed by atoms with Gasteiger partial charge in [0.2, 0.25) is 0 Å². The largest absolute Gasteiger partial charge is 0.0880 e. The van der Waals surface area contributed by atoms with Crippen molar-refractivity contribution in [2.75, 3.05) is 0 Å². The zero-order valence-electron chi connectivity index (χ0n) is 19.6. The molecule has 0 aromatic carbocycles. The lowest BCUT2D eigenvalue weighted by molar-refractivity contribution is -0.0486. The molecule has 0 saturated heterocycles. The number of hydrogen-bond donors (Lipinski definition) is 0. The van der Waals surface area contributed by atoms with Crippen LogP contribution in [0.2, 0.25) is 0 Å². The minimum Gasteiger partial charge on any atom is -0.0880 e. The fourth-order valence-electron chi connectivity index (χ4n) is 8.45. The summed E-state index contributed by atoms with van der Waals surface area (Å²) in [5.74, 6) is 6.29. The molecule has 0 spiro atoms. The summed E-state index contributed by atoms with van der Waals surface area (Å²) in [6.45, 7) is 15.0. The van der Waals surface area contributed by atoms with Gasteiger partial charge in [-0.15, -0.1) is 0 Å². The molecule has 3 saturated carbocycles. The van der Waals surface area contributed by atoms with Gasteiger partial charge in [-0.1, -0.05) is 65.3 Å². The topological polar surface area (TPSA) is 0 Å². The van der Waals surface area contributed by atoms with E-state index in [-0.39, 0.29) is 0 Å². The van der Waals surface area contributed by atoms with Crippen molar-refractivity contribution in [2.24, 2.45) is 52.3 Å². The highest BCUT2D eigenvalue weighted by Crippen LogP contribution is 2.67. The average molecular weight is 383 g/mol. The molecule has 4 unspecified atom stereocenters. The van der Waals surface area contributed by atoms with Crippen LogP contribution in [-0.2, 0) is 0 Å². The standard InChI is InChI=1S/C28H46/c1-19(2)8-7-9-21(4)24-12-13-25-23-11-10-22-18-20(3)14-16-27(22,5)26(23)15-17-28(24,25)6/h7,9-10,19-21,23-26H,8,11-18H2,1-6H3/b9-7+/t20-,21+,23?,24?,25?,26?,27-,28+/m0/s1. The van der Waals surface area contributed by atoms with Crippen LogP contribution in [0.5, 0.6) is 0 Å². The molecule has 0 aromatic rings. The normalized spacial score (nSPS) is 46.8. The molecule has 0 heterocycles. The molecular formula is C28H46. The van der Waals surface area contributed by atoms with Crippen LogP contribution in [-0.4, -0.2) is 0 Å². The first-order valence-electron chi connectivity index (χ1n) is 12.6. The Bertz CT molecular complexity index is 624. The summed E-state index contributed by atoms with van der Waals surface area (Å²) in [6, 6.07) is 0. The van der Waals surface area contributed by atoms with E-state index < -0.39 is 0 Å². The molecule has 0 N–H and O–H groups in total. The maximum absolute atomic E-state index is 2.74. The molecule has 158 valence electrons. The molecule has 0 nitrogen and oxygen atoms in total. The van der Waals surface area contributed by atoms with Crippen molar-refractivity contribution in [1.82, 2.24) is 0 Å². The van der Waals surface area contributed by atoms with Gasteiger partial charge in [-0.2, -0.15) is 0 Å². The Labute approximate surface area is 175 Å². The Morgan fingerprint density at radius 3 is 2.57 bits per heavy atom. The van der Waals surface area contributed by atoms with Crippen molar-refractivity contribution in [3.05, 3.63) is 23.8 Å². The van der Waals surface area contributed by atoms with Gasteiger partial charge in [0.1, 0.15) is 0 Å². The lowest BCUT2D eigenvalue weighted by atomic mass is 9.46. The fourth-order valence-corrected chi connectivity index (χ4v) is 8.45. The monoisotopic (exact) mass is 382 g/mol. The Kier molecular flexibility index (Phi) is 5.65. The van der Waals surface area contributed by atoms with Crippen LogP contribution in [0, 0.1) is 52.3 Å². The maximum atomic E-state index is 2.74. The third kappa shape index (κ3) is 3.35. The second-order valence-corrected chi connectivity index (χ2v) is 12.3. The van der Waals surface area contributed by atoms with Gasteiger partial charge in [-0.05, 0) is 110 Å². The lowest BCUT2D eigenvalue weighted by Gasteiger charge is -2.58. The van der Waals surface area contributed by atoms with Gasteiger partial charge in [-0.25, -0.2) is 0 Å². The number of hydrogen-bond acceptors (Lipinski definition) is 0. The zero-order valence-corrected chi connectivity index (χ0v) is 19.6. The molecule has 4 aliphatic rings. The molecule has 4 aliphatic carbocycles. The number of rotatable bonds is 4. The molecular weight excluding hydrogens is 336 g/mol. The highest BCUT2D eigenvalue weighted by Gasteiger charge is 2.58. The third-order valence-corrected chi connectivity index (χ3v) is 10.1. The molecule has 8 atom stereocenters. The van der Waals surface area contributed by atoms with Crippen LogP contribution in [0.25, 0.3) is 0 Å². The molecule has 4 rings (SSSR count). The van der Waals surface area contributed by atoms with E-state index in [1.54, 1.807) is 0 Å². The minimum absolute atomic E-state index is 0.539.